The molecule has 32 heavy (non-hydrogen) atoms. The van der Waals surface area contributed by atoms with Gasteiger partial charge in [0.25, 0.3) is 0 Å². The average molecular weight is 502 g/mol. The number of benzene rings is 2. The van der Waals surface area contributed by atoms with Gasteiger partial charge in [0.1, 0.15) is 12.4 Å². The summed E-state index contributed by atoms with van der Waals surface area (Å²) in [5, 5.41) is 3.85. The molecule has 0 amide bonds. The maximum absolute atomic E-state index is 14.0. The molecule has 2 aromatic rings. The lowest BCUT2D eigenvalue weighted by Crippen LogP contribution is -2.54. The highest BCUT2D eigenvalue weighted by Gasteiger charge is 2.52. The molecule has 0 aliphatic heterocycles. The van der Waals surface area contributed by atoms with E-state index in [1.165, 1.54) is 44.6 Å². The molecule has 5 heteroatoms. The van der Waals surface area contributed by atoms with Crippen LogP contribution in [0.25, 0.3) is 0 Å². The minimum atomic E-state index is -0.262. The van der Waals surface area contributed by atoms with Gasteiger partial charge in [-0.1, -0.05) is 18.2 Å². The van der Waals surface area contributed by atoms with Crippen LogP contribution in [0, 0.1) is 29.0 Å². The lowest BCUT2D eigenvalue weighted by atomic mass is 9.48. The molecule has 0 aromatic heterocycles. The fourth-order valence-corrected chi connectivity index (χ4v) is 7.58. The summed E-state index contributed by atoms with van der Waals surface area (Å²) in [6.45, 7) is 3.35. The Morgan fingerprint density at radius 3 is 2.38 bits per heavy atom. The molecule has 3 nitrogen and oxygen atoms in total. The fraction of sp³-hybridized carbons (Fsp3) is 0.556. The second-order valence-corrected chi connectivity index (χ2v) is 11.2. The topological polar surface area (TPSA) is 30.5 Å². The Hall–Kier alpha value is -1.59. The van der Waals surface area contributed by atoms with Crippen molar-refractivity contribution < 1.29 is 13.9 Å². The number of ether oxygens (including phenoxy) is 2. The van der Waals surface area contributed by atoms with Crippen molar-refractivity contribution in [2.24, 2.45) is 23.2 Å². The van der Waals surface area contributed by atoms with Gasteiger partial charge in [-0.05, 0) is 108 Å². The molecule has 172 valence electrons. The zero-order valence-electron chi connectivity index (χ0n) is 19.0. The van der Waals surface area contributed by atoms with Crippen LogP contribution in [-0.2, 0) is 13.2 Å². The Morgan fingerprint density at radius 1 is 1.09 bits per heavy atom. The molecule has 4 fully saturated rings. The third-order valence-corrected chi connectivity index (χ3v) is 8.82. The summed E-state index contributed by atoms with van der Waals surface area (Å²) in [6, 6.07) is 11.3. The standard InChI is InChI=1S/C27H33BrFNO2/c1-17(27-12-18-7-19(13-27)9-20(8-18)14-27)30-15-21-10-23(28)26(25(11-21)31-2)32-16-22-5-3-4-6-24(22)29/h3-6,10-11,17-20,30H,7-9,12-16H2,1-2H3/t17-,18?,19?,20?,27?/m1/s1. The molecule has 0 heterocycles. The van der Waals surface area contributed by atoms with Crippen LogP contribution in [0.15, 0.2) is 40.9 Å². The number of halogens is 2. The largest absolute Gasteiger partial charge is 0.493 e. The zero-order valence-corrected chi connectivity index (χ0v) is 20.6. The number of hydrogen-bond acceptors (Lipinski definition) is 3. The smallest absolute Gasteiger partial charge is 0.175 e. The molecule has 4 aliphatic carbocycles. The summed E-state index contributed by atoms with van der Waals surface area (Å²) in [4.78, 5) is 0. The quantitative estimate of drug-likeness (QED) is 0.427. The fourth-order valence-electron chi connectivity index (χ4n) is 6.98. The van der Waals surface area contributed by atoms with Gasteiger partial charge in [-0.2, -0.15) is 0 Å². The monoisotopic (exact) mass is 501 g/mol. The summed E-state index contributed by atoms with van der Waals surface area (Å²) in [5.74, 6) is 3.90. The Balaban J connectivity index is 1.25. The summed E-state index contributed by atoms with van der Waals surface area (Å²) in [6.07, 6.45) is 8.65. The van der Waals surface area contributed by atoms with E-state index < -0.39 is 0 Å². The van der Waals surface area contributed by atoms with E-state index in [0.29, 0.717) is 28.5 Å². The van der Waals surface area contributed by atoms with Crippen molar-refractivity contribution in [1.82, 2.24) is 5.32 Å². The van der Waals surface area contributed by atoms with E-state index in [0.717, 1.165) is 34.3 Å². The zero-order chi connectivity index (χ0) is 22.3. The molecular weight excluding hydrogens is 469 g/mol. The second kappa shape index (κ2) is 8.98. The van der Waals surface area contributed by atoms with E-state index >= 15 is 0 Å². The van der Waals surface area contributed by atoms with Gasteiger partial charge >= 0.3 is 0 Å². The minimum absolute atomic E-state index is 0.155. The van der Waals surface area contributed by atoms with Gasteiger partial charge in [0.15, 0.2) is 11.5 Å². The van der Waals surface area contributed by atoms with Gasteiger partial charge in [-0.3, -0.25) is 0 Å². The van der Waals surface area contributed by atoms with Gasteiger partial charge < -0.3 is 14.8 Å². The predicted molar refractivity (Wildman–Crippen MR) is 128 cm³/mol. The molecule has 6 rings (SSSR count). The number of methoxy groups -OCH3 is 1. The third-order valence-electron chi connectivity index (χ3n) is 8.24. The van der Waals surface area contributed by atoms with Gasteiger partial charge in [0.05, 0.1) is 11.6 Å². The molecule has 1 N–H and O–H groups in total. The van der Waals surface area contributed by atoms with Crippen molar-refractivity contribution in [3.8, 4) is 11.5 Å². The molecule has 2 aromatic carbocycles. The molecule has 1 atom stereocenters. The van der Waals surface area contributed by atoms with E-state index in [4.69, 9.17) is 9.47 Å². The second-order valence-electron chi connectivity index (χ2n) is 10.4. The molecule has 0 unspecified atom stereocenters. The number of rotatable bonds is 8. The molecular formula is C27H33BrFNO2. The van der Waals surface area contributed by atoms with Gasteiger partial charge in [-0.15, -0.1) is 0 Å². The molecule has 0 radical (unpaired) electrons. The van der Waals surface area contributed by atoms with Crippen LogP contribution in [-0.4, -0.2) is 13.2 Å². The van der Waals surface area contributed by atoms with E-state index in [1.807, 2.05) is 12.1 Å². The molecule has 0 saturated heterocycles. The molecule has 0 spiro atoms. The average Bonchev–Trinajstić information content (AvgIpc) is 2.76. The first kappa shape index (κ1) is 22.2. The van der Waals surface area contributed by atoms with Crippen molar-refractivity contribution in [3.05, 3.63) is 57.8 Å². The van der Waals surface area contributed by atoms with Crippen molar-refractivity contribution in [3.63, 3.8) is 0 Å². The molecule has 4 saturated carbocycles. The summed E-state index contributed by atoms with van der Waals surface area (Å²) >= 11 is 3.64. The van der Waals surface area contributed by atoms with Crippen molar-refractivity contribution in [1.29, 1.82) is 0 Å². The maximum atomic E-state index is 14.0. The molecule has 4 aliphatic rings. The lowest BCUT2D eigenvalue weighted by Gasteiger charge is -2.59. The SMILES string of the molecule is COc1cc(CN[C@H](C)C23CC4CC(CC(C4)C2)C3)cc(Br)c1OCc1ccccc1F. The maximum Gasteiger partial charge on any atom is 0.175 e. The first-order valence-corrected chi connectivity index (χ1v) is 12.7. The van der Waals surface area contributed by atoms with E-state index in [1.54, 1.807) is 19.2 Å². The highest BCUT2D eigenvalue weighted by atomic mass is 79.9. The molecule has 4 bridgehead atoms. The Morgan fingerprint density at radius 2 is 1.75 bits per heavy atom. The first-order valence-electron chi connectivity index (χ1n) is 11.9. The van der Waals surface area contributed by atoms with Crippen LogP contribution in [0.2, 0.25) is 0 Å². The Kier molecular flexibility index (Phi) is 6.23. The number of nitrogens with one attached hydrogen (secondary N) is 1. The van der Waals surface area contributed by atoms with Crippen LogP contribution in [0.3, 0.4) is 0 Å². The lowest BCUT2D eigenvalue weighted by molar-refractivity contribution is -0.0706. The van der Waals surface area contributed by atoms with E-state index in [9.17, 15) is 4.39 Å². The highest BCUT2D eigenvalue weighted by Crippen LogP contribution is 2.61. The van der Waals surface area contributed by atoms with Crippen LogP contribution < -0.4 is 14.8 Å². The van der Waals surface area contributed by atoms with Crippen molar-refractivity contribution in [2.45, 2.75) is 64.6 Å². The summed E-state index contributed by atoms with van der Waals surface area (Å²) in [7, 11) is 1.65. The van der Waals surface area contributed by atoms with Crippen LogP contribution in [0.1, 0.15) is 56.6 Å². The highest BCUT2D eigenvalue weighted by molar-refractivity contribution is 9.10. The first-order chi connectivity index (χ1) is 15.5. The summed E-state index contributed by atoms with van der Waals surface area (Å²) < 4.78 is 26.3. The normalized spacial score (nSPS) is 29.2. The van der Waals surface area contributed by atoms with E-state index in [-0.39, 0.29) is 12.4 Å². The number of hydrogen-bond donors (Lipinski definition) is 1. The van der Waals surface area contributed by atoms with Crippen LogP contribution in [0.5, 0.6) is 11.5 Å². The Labute approximate surface area is 199 Å². The third kappa shape index (κ3) is 4.31. The van der Waals surface area contributed by atoms with Gasteiger partial charge in [0.2, 0.25) is 0 Å². The van der Waals surface area contributed by atoms with Crippen molar-refractivity contribution in [2.75, 3.05) is 7.11 Å². The van der Waals surface area contributed by atoms with Gasteiger partial charge in [0, 0.05) is 18.2 Å². The van der Waals surface area contributed by atoms with E-state index in [2.05, 4.69) is 34.2 Å². The minimum Gasteiger partial charge on any atom is -0.493 e. The summed E-state index contributed by atoms with van der Waals surface area (Å²) in [5.41, 5.74) is 2.17. The van der Waals surface area contributed by atoms with Crippen molar-refractivity contribution >= 4 is 15.9 Å². The van der Waals surface area contributed by atoms with Crippen LogP contribution in [0.4, 0.5) is 4.39 Å². The predicted octanol–water partition coefficient (Wildman–Crippen LogP) is 6.87. The Bertz CT molecular complexity index is 943. The van der Waals surface area contributed by atoms with Gasteiger partial charge in [-0.25, -0.2) is 4.39 Å². The van der Waals surface area contributed by atoms with Crippen LogP contribution >= 0.6 is 15.9 Å².